The van der Waals surface area contributed by atoms with Gasteiger partial charge in [0.15, 0.2) is 5.78 Å². The maximum absolute atomic E-state index is 13.2. The molecule has 0 bridgehead atoms. The molecule has 0 radical (unpaired) electrons. The van der Waals surface area contributed by atoms with Crippen LogP contribution in [0.2, 0.25) is 0 Å². The molecule has 1 aliphatic rings. The van der Waals surface area contributed by atoms with Crippen LogP contribution in [-0.2, 0) is 0 Å². The van der Waals surface area contributed by atoms with Gasteiger partial charge in [-0.15, -0.1) is 0 Å². The first-order valence-electron chi connectivity index (χ1n) is 5.36. The molecule has 0 spiro atoms. The normalized spacial score (nSPS) is 15.1. The fourth-order valence-corrected chi connectivity index (χ4v) is 1.56. The topological polar surface area (TPSA) is 29.1 Å². The third kappa shape index (κ3) is 2.64. The van der Waals surface area contributed by atoms with Crippen LogP contribution in [0.25, 0.3) is 0 Å². The monoisotopic (exact) mass is 225 g/mol. The summed E-state index contributed by atoms with van der Waals surface area (Å²) in [6.45, 7) is 0.746. The highest BCUT2D eigenvalue weighted by Crippen LogP contribution is 2.27. The number of carbonyl (C=O) groups is 1. The minimum atomic E-state index is -0.793. The van der Waals surface area contributed by atoms with E-state index in [9.17, 15) is 13.6 Å². The summed E-state index contributed by atoms with van der Waals surface area (Å²) in [4.78, 5) is 11.5. The maximum atomic E-state index is 13.2. The average Bonchev–Trinajstić information content (AvgIpc) is 3.01. The maximum Gasteiger partial charge on any atom is 0.182 e. The number of ketones is 1. The molecule has 2 nitrogen and oxygen atoms in total. The smallest absolute Gasteiger partial charge is 0.182 e. The summed E-state index contributed by atoms with van der Waals surface area (Å²) in [7, 11) is 0. The van der Waals surface area contributed by atoms with E-state index in [2.05, 4.69) is 5.32 Å². The van der Waals surface area contributed by atoms with Crippen molar-refractivity contribution in [2.45, 2.75) is 12.8 Å². The lowest BCUT2D eigenvalue weighted by Crippen LogP contribution is -2.26. The lowest BCUT2D eigenvalue weighted by molar-refractivity contribution is 0.0983. The Morgan fingerprint density at radius 3 is 2.50 bits per heavy atom. The molecular weight excluding hydrogens is 212 g/mol. The molecule has 0 atom stereocenters. The standard InChI is InChI=1S/C12H13F2NO/c13-9-2-1-3-10(14)12(9)11(16)7-15-6-8-4-5-8/h1-3,8,15H,4-7H2. The molecule has 86 valence electrons. The van der Waals surface area contributed by atoms with Crippen molar-refractivity contribution in [3.63, 3.8) is 0 Å². The van der Waals surface area contributed by atoms with E-state index in [0.717, 1.165) is 18.7 Å². The van der Waals surface area contributed by atoms with Gasteiger partial charge in [0.1, 0.15) is 11.6 Å². The highest BCUT2D eigenvalue weighted by molar-refractivity contribution is 5.98. The van der Waals surface area contributed by atoms with Crippen molar-refractivity contribution in [3.05, 3.63) is 35.4 Å². The van der Waals surface area contributed by atoms with Gasteiger partial charge in [-0.05, 0) is 37.4 Å². The van der Waals surface area contributed by atoms with E-state index in [1.165, 1.54) is 18.9 Å². The highest BCUT2D eigenvalue weighted by atomic mass is 19.1. The number of Topliss-reactive ketones (excluding diaryl/α,β-unsaturated/α-hetero) is 1. The van der Waals surface area contributed by atoms with E-state index < -0.39 is 23.0 Å². The van der Waals surface area contributed by atoms with Crippen LogP contribution in [0.3, 0.4) is 0 Å². The Bertz CT molecular complexity index is 382. The van der Waals surface area contributed by atoms with Crippen LogP contribution in [-0.4, -0.2) is 18.9 Å². The lowest BCUT2D eigenvalue weighted by atomic mass is 10.1. The van der Waals surface area contributed by atoms with Crippen molar-refractivity contribution < 1.29 is 13.6 Å². The van der Waals surface area contributed by atoms with Crippen molar-refractivity contribution >= 4 is 5.78 Å². The van der Waals surface area contributed by atoms with Crippen LogP contribution in [0.1, 0.15) is 23.2 Å². The number of hydrogen-bond donors (Lipinski definition) is 1. The van der Waals surface area contributed by atoms with E-state index in [0.29, 0.717) is 5.92 Å². The molecule has 1 aromatic carbocycles. The Morgan fingerprint density at radius 2 is 1.94 bits per heavy atom. The molecule has 0 heterocycles. The van der Waals surface area contributed by atoms with Crippen molar-refractivity contribution in [1.82, 2.24) is 5.32 Å². The summed E-state index contributed by atoms with van der Waals surface area (Å²) in [6.07, 6.45) is 2.35. The zero-order valence-electron chi connectivity index (χ0n) is 8.80. The molecule has 0 saturated heterocycles. The molecule has 1 aliphatic carbocycles. The van der Waals surface area contributed by atoms with Gasteiger partial charge in [-0.3, -0.25) is 4.79 Å². The fraction of sp³-hybridized carbons (Fsp3) is 0.417. The molecule has 2 rings (SSSR count). The number of nitrogens with one attached hydrogen (secondary N) is 1. The molecule has 1 saturated carbocycles. The van der Waals surface area contributed by atoms with Crippen molar-refractivity contribution in [1.29, 1.82) is 0 Å². The van der Waals surface area contributed by atoms with E-state index in [1.807, 2.05) is 0 Å². The Hall–Kier alpha value is -1.29. The minimum Gasteiger partial charge on any atom is -0.309 e. The summed E-state index contributed by atoms with van der Waals surface area (Å²) in [5.74, 6) is -1.48. The van der Waals surface area contributed by atoms with Gasteiger partial charge in [-0.2, -0.15) is 0 Å². The van der Waals surface area contributed by atoms with Crippen LogP contribution in [0.5, 0.6) is 0 Å². The summed E-state index contributed by atoms with van der Waals surface area (Å²) < 4.78 is 26.4. The van der Waals surface area contributed by atoms with Crippen molar-refractivity contribution in [2.75, 3.05) is 13.1 Å². The molecule has 0 unspecified atom stereocenters. The second-order valence-electron chi connectivity index (χ2n) is 4.09. The zero-order chi connectivity index (χ0) is 11.5. The van der Waals surface area contributed by atoms with Crippen LogP contribution < -0.4 is 5.32 Å². The van der Waals surface area contributed by atoms with E-state index in [-0.39, 0.29) is 6.54 Å². The molecule has 16 heavy (non-hydrogen) atoms. The first-order chi connectivity index (χ1) is 7.68. The SMILES string of the molecule is O=C(CNCC1CC1)c1c(F)cccc1F. The summed E-state index contributed by atoms with van der Waals surface area (Å²) >= 11 is 0. The molecule has 1 N–H and O–H groups in total. The molecule has 0 aromatic heterocycles. The van der Waals surface area contributed by atoms with Gasteiger partial charge in [0.05, 0.1) is 12.1 Å². The molecule has 0 aliphatic heterocycles. The van der Waals surface area contributed by atoms with E-state index >= 15 is 0 Å². The van der Waals surface area contributed by atoms with Gasteiger partial charge < -0.3 is 5.32 Å². The average molecular weight is 225 g/mol. The lowest BCUT2D eigenvalue weighted by Gasteiger charge is -2.05. The predicted molar refractivity (Wildman–Crippen MR) is 56.3 cm³/mol. The molecule has 1 fully saturated rings. The van der Waals surface area contributed by atoms with Gasteiger partial charge >= 0.3 is 0 Å². The third-order valence-electron chi connectivity index (χ3n) is 2.66. The summed E-state index contributed by atoms with van der Waals surface area (Å²) in [5.41, 5.74) is -0.439. The first kappa shape index (κ1) is 11.2. The third-order valence-corrected chi connectivity index (χ3v) is 2.66. The summed E-state index contributed by atoms with van der Waals surface area (Å²) in [6, 6.07) is 3.44. The van der Waals surface area contributed by atoms with Gasteiger partial charge in [0.25, 0.3) is 0 Å². The molecular formula is C12H13F2NO. The molecule has 1 aromatic rings. The molecule has 4 heteroatoms. The Labute approximate surface area is 92.7 Å². The van der Waals surface area contributed by atoms with Gasteiger partial charge in [-0.1, -0.05) is 6.07 Å². The first-order valence-corrected chi connectivity index (χ1v) is 5.36. The fourth-order valence-electron chi connectivity index (χ4n) is 1.56. The van der Waals surface area contributed by atoms with E-state index in [1.54, 1.807) is 0 Å². The van der Waals surface area contributed by atoms with Gasteiger partial charge in [0, 0.05) is 0 Å². The second-order valence-corrected chi connectivity index (χ2v) is 4.09. The van der Waals surface area contributed by atoms with Gasteiger partial charge in [0.2, 0.25) is 0 Å². The summed E-state index contributed by atoms with van der Waals surface area (Å²) in [5, 5.41) is 2.92. The van der Waals surface area contributed by atoms with Crippen LogP contribution in [0.4, 0.5) is 8.78 Å². The Morgan fingerprint density at radius 1 is 1.31 bits per heavy atom. The zero-order valence-corrected chi connectivity index (χ0v) is 8.80. The van der Waals surface area contributed by atoms with Crippen molar-refractivity contribution in [2.24, 2.45) is 5.92 Å². The van der Waals surface area contributed by atoms with Crippen LogP contribution >= 0.6 is 0 Å². The van der Waals surface area contributed by atoms with Crippen LogP contribution in [0.15, 0.2) is 18.2 Å². The number of rotatable bonds is 5. The largest absolute Gasteiger partial charge is 0.309 e. The Kier molecular flexibility index (Phi) is 3.29. The predicted octanol–water partition coefficient (Wildman–Crippen LogP) is 2.15. The quantitative estimate of drug-likeness (QED) is 0.778. The molecule has 0 amide bonds. The van der Waals surface area contributed by atoms with Gasteiger partial charge in [-0.25, -0.2) is 8.78 Å². The number of halogens is 2. The van der Waals surface area contributed by atoms with E-state index in [4.69, 9.17) is 0 Å². The van der Waals surface area contributed by atoms with Crippen LogP contribution in [0, 0.1) is 17.6 Å². The number of benzene rings is 1. The number of hydrogen-bond acceptors (Lipinski definition) is 2. The minimum absolute atomic E-state index is 0.00560. The highest BCUT2D eigenvalue weighted by Gasteiger charge is 2.22. The van der Waals surface area contributed by atoms with Crippen molar-refractivity contribution in [3.8, 4) is 0 Å². The Balaban J connectivity index is 1.96. The number of carbonyl (C=O) groups excluding carboxylic acids is 1. The second kappa shape index (κ2) is 4.70.